The molecule has 0 bridgehead atoms. The number of anilines is 1. The van der Waals surface area contributed by atoms with Crippen molar-refractivity contribution in [2.75, 3.05) is 18.9 Å². The summed E-state index contributed by atoms with van der Waals surface area (Å²) < 4.78 is 1.74. The van der Waals surface area contributed by atoms with Gasteiger partial charge < -0.3 is 10.2 Å². The Morgan fingerprint density at radius 2 is 1.74 bits per heavy atom. The Morgan fingerprint density at radius 3 is 2.44 bits per heavy atom. The molecule has 0 atom stereocenters. The van der Waals surface area contributed by atoms with Crippen molar-refractivity contribution < 1.29 is 9.59 Å². The molecule has 0 spiro atoms. The molecule has 0 fully saturated rings. The van der Waals surface area contributed by atoms with E-state index in [1.54, 1.807) is 36.1 Å². The molecule has 136 valence electrons. The second kappa shape index (κ2) is 8.62. The van der Waals surface area contributed by atoms with E-state index in [1.165, 1.54) is 11.0 Å². The van der Waals surface area contributed by atoms with Gasteiger partial charge in [0.15, 0.2) is 0 Å². The lowest BCUT2D eigenvalue weighted by Gasteiger charge is -2.14. The third kappa shape index (κ3) is 5.15. The summed E-state index contributed by atoms with van der Waals surface area (Å²) in [4.78, 5) is 25.6. The van der Waals surface area contributed by atoms with E-state index in [2.05, 4.69) is 10.4 Å². The van der Waals surface area contributed by atoms with E-state index in [0.717, 1.165) is 11.3 Å². The number of nitrogens with zero attached hydrogens (tertiary/aromatic N) is 3. The second-order valence-electron chi connectivity index (χ2n) is 6.00. The van der Waals surface area contributed by atoms with Crippen molar-refractivity contribution in [3.63, 3.8) is 0 Å². The van der Waals surface area contributed by atoms with Crippen LogP contribution in [0.5, 0.6) is 0 Å². The molecule has 6 nitrogen and oxygen atoms in total. The van der Waals surface area contributed by atoms with Crippen LogP contribution in [0.4, 0.5) is 5.69 Å². The van der Waals surface area contributed by atoms with Crippen LogP contribution in [0, 0.1) is 0 Å². The SMILES string of the molecule is CN(CC(=O)Nc1ccccc1)C(=O)/C=C/c1cnn(-c2ccccc2)c1. The van der Waals surface area contributed by atoms with Crippen molar-refractivity contribution in [3.05, 3.63) is 84.7 Å². The molecule has 1 N–H and O–H groups in total. The lowest BCUT2D eigenvalue weighted by molar-refractivity contribution is -0.129. The lowest BCUT2D eigenvalue weighted by atomic mass is 10.3. The van der Waals surface area contributed by atoms with Gasteiger partial charge in [-0.3, -0.25) is 9.59 Å². The first-order valence-electron chi connectivity index (χ1n) is 8.50. The van der Waals surface area contributed by atoms with E-state index in [9.17, 15) is 9.59 Å². The molecule has 0 unspecified atom stereocenters. The summed E-state index contributed by atoms with van der Waals surface area (Å²) in [6.07, 6.45) is 6.63. The first kappa shape index (κ1) is 18.1. The number of benzene rings is 2. The second-order valence-corrected chi connectivity index (χ2v) is 6.00. The Bertz CT molecular complexity index is 933. The van der Waals surface area contributed by atoms with Gasteiger partial charge in [-0.1, -0.05) is 36.4 Å². The van der Waals surface area contributed by atoms with Crippen molar-refractivity contribution in [2.45, 2.75) is 0 Å². The minimum atomic E-state index is -0.259. The lowest BCUT2D eigenvalue weighted by Crippen LogP contribution is -2.33. The standard InChI is InChI=1S/C21H20N4O2/c1-24(16-20(26)23-18-8-4-2-5-9-18)21(27)13-12-17-14-22-25(15-17)19-10-6-3-7-11-19/h2-15H,16H2,1H3,(H,23,26)/b13-12+. The van der Waals surface area contributed by atoms with E-state index in [1.807, 2.05) is 54.7 Å². The maximum atomic E-state index is 12.2. The predicted octanol–water partition coefficient (Wildman–Crippen LogP) is 2.98. The molecule has 3 aromatic rings. The number of carbonyl (C=O) groups is 2. The van der Waals surface area contributed by atoms with Crippen LogP contribution in [-0.4, -0.2) is 40.1 Å². The fourth-order valence-corrected chi connectivity index (χ4v) is 2.45. The van der Waals surface area contributed by atoms with Crippen LogP contribution in [0.15, 0.2) is 79.1 Å². The first-order valence-corrected chi connectivity index (χ1v) is 8.50. The Hall–Kier alpha value is -3.67. The van der Waals surface area contributed by atoms with Crippen molar-refractivity contribution >= 4 is 23.6 Å². The number of rotatable bonds is 6. The van der Waals surface area contributed by atoms with Crippen LogP contribution < -0.4 is 5.32 Å². The molecule has 3 rings (SSSR count). The zero-order valence-electron chi connectivity index (χ0n) is 14.9. The molecule has 6 heteroatoms. The van der Waals surface area contributed by atoms with E-state index in [4.69, 9.17) is 0 Å². The highest BCUT2D eigenvalue weighted by molar-refractivity contribution is 5.97. The summed E-state index contributed by atoms with van der Waals surface area (Å²) in [5, 5.41) is 7.03. The van der Waals surface area contributed by atoms with Gasteiger partial charge in [-0.05, 0) is 30.3 Å². The number of amides is 2. The highest BCUT2D eigenvalue weighted by Crippen LogP contribution is 2.09. The Labute approximate surface area is 157 Å². The van der Waals surface area contributed by atoms with Crippen molar-refractivity contribution in [2.24, 2.45) is 0 Å². The molecule has 27 heavy (non-hydrogen) atoms. The third-order valence-corrected chi connectivity index (χ3v) is 3.86. The minimum absolute atomic E-state index is 0.0264. The predicted molar refractivity (Wildman–Crippen MR) is 105 cm³/mol. The largest absolute Gasteiger partial charge is 0.333 e. The molecule has 1 heterocycles. The molecular formula is C21H20N4O2. The van der Waals surface area contributed by atoms with Crippen LogP contribution >= 0.6 is 0 Å². The Balaban J connectivity index is 1.55. The monoisotopic (exact) mass is 360 g/mol. The number of para-hydroxylation sites is 2. The molecule has 2 amide bonds. The van der Waals surface area contributed by atoms with E-state index >= 15 is 0 Å². The summed E-state index contributed by atoms with van der Waals surface area (Å²) >= 11 is 0. The average Bonchev–Trinajstić information content (AvgIpc) is 3.16. The molecule has 2 aromatic carbocycles. The first-order chi connectivity index (χ1) is 13.1. The molecule has 0 aliphatic rings. The number of aromatic nitrogens is 2. The van der Waals surface area contributed by atoms with Crippen LogP contribution in [0.3, 0.4) is 0 Å². The van der Waals surface area contributed by atoms with Crippen LogP contribution in [0.1, 0.15) is 5.56 Å². The zero-order chi connectivity index (χ0) is 19.1. The number of carbonyl (C=O) groups excluding carboxylic acids is 2. The van der Waals surface area contributed by atoms with Crippen molar-refractivity contribution in [3.8, 4) is 5.69 Å². The molecular weight excluding hydrogens is 340 g/mol. The Morgan fingerprint density at radius 1 is 1.07 bits per heavy atom. The van der Waals surface area contributed by atoms with Gasteiger partial charge in [0, 0.05) is 30.6 Å². The van der Waals surface area contributed by atoms with Crippen molar-refractivity contribution in [1.29, 1.82) is 0 Å². The maximum absolute atomic E-state index is 12.2. The summed E-state index contributed by atoms with van der Waals surface area (Å²) in [5.74, 6) is -0.506. The summed E-state index contributed by atoms with van der Waals surface area (Å²) in [6.45, 7) is -0.0264. The molecule has 0 saturated carbocycles. The van der Waals surface area contributed by atoms with E-state index in [-0.39, 0.29) is 18.4 Å². The topological polar surface area (TPSA) is 67.2 Å². The average molecular weight is 360 g/mol. The Kier molecular flexibility index (Phi) is 5.79. The van der Waals surface area contributed by atoms with Crippen LogP contribution in [0.2, 0.25) is 0 Å². The number of hydrogen-bond acceptors (Lipinski definition) is 3. The fraction of sp³-hybridized carbons (Fsp3) is 0.0952. The van der Waals surface area contributed by atoms with Gasteiger partial charge in [0.05, 0.1) is 18.4 Å². The molecule has 1 aromatic heterocycles. The molecule has 0 aliphatic carbocycles. The third-order valence-electron chi connectivity index (χ3n) is 3.86. The van der Waals surface area contributed by atoms with Gasteiger partial charge in [-0.2, -0.15) is 5.10 Å². The summed E-state index contributed by atoms with van der Waals surface area (Å²) in [6, 6.07) is 18.8. The van der Waals surface area contributed by atoms with Crippen molar-refractivity contribution in [1.82, 2.24) is 14.7 Å². The summed E-state index contributed by atoms with van der Waals surface area (Å²) in [5.41, 5.74) is 2.44. The van der Waals surface area contributed by atoms with Crippen LogP contribution in [-0.2, 0) is 9.59 Å². The van der Waals surface area contributed by atoms with Gasteiger partial charge in [-0.25, -0.2) is 4.68 Å². The normalized spacial score (nSPS) is 10.7. The highest BCUT2D eigenvalue weighted by Gasteiger charge is 2.10. The number of hydrogen-bond donors (Lipinski definition) is 1. The maximum Gasteiger partial charge on any atom is 0.246 e. The minimum Gasteiger partial charge on any atom is -0.333 e. The van der Waals surface area contributed by atoms with E-state index in [0.29, 0.717) is 5.69 Å². The van der Waals surface area contributed by atoms with Gasteiger partial charge in [0.25, 0.3) is 0 Å². The zero-order valence-corrected chi connectivity index (χ0v) is 14.9. The van der Waals surface area contributed by atoms with Gasteiger partial charge in [0.1, 0.15) is 0 Å². The van der Waals surface area contributed by atoms with E-state index < -0.39 is 0 Å². The smallest absolute Gasteiger partial charge is 0.246 e. The number of nitrogens with one attached hydrogen (secondary N) is 1. The van der Waals surface area contributed by atoms with Gasteiger partial charge >= 0.3 is 0 Å². The highest BCUT2D eigenvalue weighted by atomic mass is 16.2. The van der Waals surface area contributed by atoms with Gasteiger partial charge in [0.2, 0.25) is 11.8 Å². The summed E-state index contributed by atoms with van der Waals surface area (Å²) in [7, 11) is 1.59. The van der Waals surface area contributed by atoms with Gasteiger partial charge in [-0.15, -0.1) is 0 Å². The number of likely N-dealkylation sites (N-methyl/N-ethyl adjacent to an activating group) is 1. The molecule has 0 radical (unpaired) electrons. The molecule has 0 aliphatic heterocycles. The quantitative estimate of drug-likeness (QED) is 0.687. The molecule has 0 saturated heterocycles. The van der Waals surface area contributed by atoms with Crippen LogP contribution in [0.25, 0.3) is 11.8 Å². The fourth-order valence-electron chi connectivity index (χ4n) is 2.45.